The number of likely N-dealkylation sites (N-methyl/N-ethyl adjacent to an activating group) is 1. The van der Waals surface area contributed by atoms with E-state index in [-0.39, 0.29) is 12.1 Å². The molecule has 3 atom stereocenters. The monoisotopic (exact) mass is 377 g/mol. The lowest BCUT2D eigenvalue weighted by molar-refractivity contribution is 0.176. The van der Waals surface area contributed by atoms with Gasteiger partial charge in [-0.1, -0.05) is 24.3 Å². The van der Waals surface area contributed by atoms with Crippen LogP contribution in [0.5, 0.6) is 5.75 Å². The third-order valence-electron chi connectivity index (χ3n) is 6.15. The van der Waals surface area contributed by atoms with Crippen LogP contribution in [0.2, 0.25) is 0 Å². The fourth-order valence-electron chi connectivity index (χ4n) is 4.68. The molecule has 1 saturated heterocycles. The first-order valence-electron chi connectivity index (χ1n) is 10.2. The van der Waals surface area contributed by atoms with Gasteiger partial charge in [-0.25, -0.2) is 0 Å². The summed E-state index contributed by atoms with van der Waals surface area (Å²) < 4.78 is 8.54. The van der Waals surface area contributed by atoms with Gasteiger partial charge in [-0.15, -0.1) is 10.2 Å². The van der Waals surface area contributed by atoms with Crippen molar-refractivity contribution in [2.24, 2.45) is 5.73 Å². The van der Waals surface area contributed by atoms with Crippen molar-refractivity contribution in [2.45, 2.75) is 43.7 Å². The van der Waals surface area contributed by atoms with Crippen LogP contribution in [0.3, 0.4) is 0 Å². The minimum atomic E-state index is 0.0363. The Kier molecular flexibility index (Phi) is 4.53. The number of likely N-dealkylation sites (tertiary alicyclic amines) is 1. The van der Waals surface area contributed by atoms with Gasteiger partial charge in [0.2, 0.25) is 0 Å². The standard InChI is InChI=1S/C22H27N5O/c1-26-12-4-5-15(13-26)22-25-24-21-11-8-16(14-27(21)22)28-20-10-9-19(23)17-6-2-3-7-18(17)20/h2-3,6-8,11,14-15,19-20H,4-5,9-10,12-13,23H2,1H3/t15-,19+,20-/m1/s1. The number of ether oxygens (including phenoxy) is 1. The molecule has 1 aliphatic carbocycles. The third kappa shape index (κ3) is 3.16. The molecule has 1 aliphatic heterocycles. The SMILES string of the molecule is CN1CCC[C@@H](c2nnc3ccc(O[C@@H]4CC[C@H](N)c5ccccc54)cn23)C1. The van der Waals surface area contributed by atoms with Gasteiger partial charge in [-0.05, 0) is 62.5 Å². The predicted octanol–water partition coefficient (Wildman–Crippen LogP) is 3.45. The molecule has 146 valence electrons. The van der Waals surface area contributed by atoms with Crippen LogP contribution >= 0.6 is 0 Å². The maximum atomic E-state index is 6.43. The largest absolute Gasteiger partial charge is 0.484 e. The molecule has 0 amide bonds. The third-order valence-corrected chi connectivity index (χ3v) is 6.15. The number of hydrogen-bond acceptors (Lipinski definition) is 5. The minimum Gasteiger partial charge on any atom is -0.484 e. The Balaban J connectivity index is 1.44. The second kappa shape index (κ2) is 7.18. The Bertz CT molecular complexity index is 984. The summed E-state index contributed by atoms with van der Waals surface area (Å²) in [6.45, 7) is 2.19. The predicted molar refractivity (Wildman–Crippen MR) is 108 cm³/mol. The Morgan fingerprint density at radius 2 is 1.89 bits per heavy atom. The number of aromatic nitrogens is 3. The highest BCUT2D eigenvalue weighted by Gasteiger charge is 2.27. The van der Waals surface area contributed by atoms with E-state index in [1.165, 1.54) is 17.5 Å². The smallest absolute Gasteiger partial charge is 0.161 e. The quantitative estimate of drug-likeness (QED) is 0.757. The molecule has 0 bridgehead atoms. The van der Waals surface area contributed by atoms with Crippen LogP contribution < -0.4 is 10.5 Å². The first-order chi connectivity index (χ1) is 13.7. The molecule has 3 aromatic rings. The average molecular weight is 377 g/mol. The summed E-state index contributed by atoms with van der Waals surface area (Å²) in [5, 5.41) is 8.88. The van der Waals surface area contributed by atoms with Crippen molar-refractivity contribution in [3.05, 3.63) is 59.5 Å². The van der Waals surface area contributed by atoms with E-state index in [2.05, 4.69) is 57.0 Å². The second-order valence-corrected chi connectivity index (χ2v) is 8.17. The van der Waals surface area contributed by atoms with E-state index < -0.39 is 0 Å². The van der Waals surface area contributed by atoms with Gasteiger partial charge in [0.05, 0.1) is 6.20 Å². The lowest BCUT2D eigenvalue weighted by atomic mass is 9.86. The molecule has 0 radical (unpaired) electrons. The topological polar surface area (TPSA) is 68.7 Å². The van der Waals surface area contributed by atoms with Gasteiger partial charge in [0, 0.05) is 18.5 Å². The summed E-state index contributed by atoms with van der Waals surface area (Å²) in [5.41, 5.74) is 9.58. The van der Waals surface area contributed by atoms with E-state index in [4.69, 9.17) is 10.5 Å². The van der Waals surface area contributed by atoms with E-state index >= 15 is 0 Å². The van der Waals surface area contributed by atoms with Crippen molar-refractivity contribution in [1.29, 1.82) is 0 Å². The van der Waals surface area contributed by atoms with Crippen LogP contribution in [0.4, 0.5) is 0 Å². The molecule has 0 unspecified atom stereocenters. The molecule has 2 aromatic heterocycles. The highest BCUT2D eigenvalue weighted by molar-refractivity contribution is 5.42. The Morgan fingerprint density at radius 3 is 2.75 bits per heavy atom. The van der Waals surface area contributed by atoms with E-state index in [0.29, 0.717) is 5.92 Å². The van der Waals surface area contributed by atoms with E-state index in [0.717, 1.165) is 49.6 Å². The van der Waals surface area contributed by atoms with Crippen molar-refractivity contribution in [3.8, 4) is 5.75 Å². The van der Waals surface area contributed by atoms with E-state index in [1.807, 2.05) is 12.1 Å². The Labute approximate surface area is 165 Å². The number of benzene rings is 1. The number of rotatable bonds is 3. The molecule has 0 spiro atoms. The van der Waals surface area contributed by atoms with Gasteiger partial charge in [0.25, 0.3) is 0 Å². The number of nitrogens with zero attached hydrogens (tertiary/aromatic N) is 4. The van der Waals surface area contributed by atoms with Crippen LogP contribution in [0.25, 0.3) is 5.65 Å². The van der Waals surface area contributed by atoms with Crippen molar-refractivity contribution >= 4 is 5.65 Å². The molecule has 1 fully saturated rings. The summed E-state index contributed by atoms with van der Waals surface area (Å²) in [4.78, 5) is 2.37. The summed E-state index contributed by atoms with van der Waals surface area (Å²) in [6, 6.07) is 12.5. The number of nitrogens with two attached hydrogens (primary N) is 1. The van der Waals surface area contributed by atoms with E-state index in [9.17, 15) is 0 Å². The number of hydrogen-bond donors (Lipinski definition) is 1. The minimum absolute atomic E-state index is 0.0363. The lowest BCUT2D eigenvalue weighted by Gasteiger charge is -2.30. The van der Waals surface area contributed by atoms with Gasteiger partial charge in [-0.2, -0.15) is 0 Å². The van der Waals surface area contributed by atoms with Crippen LogP contribution in [0, 0.1) is 0 Å². The fourth-order valence-corrected chi connectivity index (χ4v) is 4.68. The average Bonchev–Trinajstić information content (AvgIpc) is 3.14. The molecule has 6 heteroatoms. The molecule has 28 heavy (non-hydrogen) atoms. The molecule has 0 saturated carbocycles. The van der Waals surface area contributed by atoms with Gasteiger partial charge in [0.15, 0.2) is 5.65 Å². The zero-order chi connectivity index (χ0) is 19.1. The molecule has 1 aromatic carbocycles. The van der Waals surface area contributed by atoms with Crippen LogP contribution in [0.1, 0.15) is 60.7 Å². The normalized spacial score (nSPS) is 25.6. The zero-order valence-electron chi connectivity index (χ0n) is 16.3. The van der Waals surface area contributed by atoms with Crippen LogP contribution in [-0.2, 0) is 0 Å². The van der Waals surface area contributed by atoms with Crippen molar-refractivity contribution in [3.63, 3.8) is 0 Å². The molecule has 2 aliphatic rings. The van der Waals surface area contributed by atoms with E-state index in [1.54, 1.807) is 0 Å². The van der Waals surface area contributed by atoms with Gasteiger partial charge in [0.1, 0.15) is 17.7 Å². The summed E-state index contributed by atoms with van der Waals surface area (Å²) >= 11 is 0. The molecule has 5 rings (SSSR count). The zero-order valence-corrected chi connectivity index (χ0v) is 16.3. The van der Waals surface area contributed by atoms with Crippen molar-refractivity contribution in [2.75, 3.05) is 20.1 Å². The first kappa shape index (κ1) is 17.6. The maximum absolute atomic E-state index is 6.43. The Morgan fingerprint density at radius 1 is 1.04 bits per heavy atom. The molecular formula is C22H27N5O. The molecule has 2 N–H and O–H groups in total. The number of fused-ring (bicyclic) bond motifs is 2. The highest BCUT2D eigenvalue weighted by atomic mass is 16.5. The van der Waals surface area contributed by atoms with Crippen molar-refractivity contribution in [1.82, 2.24) is 19.5 Å². The summed E-state index contributed by atoms with van der Waals surface area (Å²) in [6.07, 6.45) is 6.31. The van der Waals surface area contributed by atoms with Gasteiger partial charge < -0.3 is 15.4 Å². The van der Waals surface area contributed by atoms with Gasteiger partial charge in [-0.3, -0.25) is 4.40 Å². The second-order valence-electron chi connectivity index (χ2n) is 8.17. The van der Waals surface area contributed by atoms with Crippen LogP contribution in [-0.4, -0.2) is 39.6 Å². The fraction of sp³-hybridized carbons (Fsp3) is 0.455. The first-order valence-corrected chi connectivity index (χ1v) is 10.2. The number of pyridine rings is 1. The maximum Gasteiger partial charge on any atom is 0.161 e. The highest BCUT2D eigenvalue weighted by Crippen LogP contribution is 2.37. The summed E-state index contributed by atoms with van der Waals surface area (Å²) in [7, 11) is 2.18. The Hall–Kier alpha value is -2.44. The van der Waals surface area contributed by atoms with Gasteiger partial charge >= 0.3 is 0 Å². The van der Waals surface area contributed by atoms with Crippen LogP contribution in [0.15, 0.2) is 42.6 Å². The lowest BCUT2D eigenvalue weighted by Crippen LogP contribution is -2.31. The van der Waals surface area contributed by atoms with Crippen molar-refractivity contribution < 1.29 is 4.74 Å². The molecule has 3 heterocycles. The molecule has 6 nitrogen and oxygen atoms in total. The number of piperidine rings is 1. The molecular weight excluding hydrogens is 350 g/mol. The summed E-state index contributed by atoms with van der Waals surface area (Å²) in [5.74, 6) is 2.31.